The van der Waals surface area contributed by atoms with E-state index >= 15 is 0 Å². The Kier molecular flexibility index (Phi) is 6.42. The number of sulfonamides is 1. The average Bonchev–Trinajstić information content (AvgIpc) is 3.02. The highest BCUT2D eigenvalue weighted by Crippen LogP contribution is 2.23. The zero-order valence-electron chi connectivity index (χ0n) is 13.6. The van der Waals surface area contributed by atoms with Gasteiger partial charge in [-0.25, -0.2) is 17.1 Å². The van der Waals surface area contributed by atoms with Crippen molar-refractivity contribution in [1.82, 2.24) is 9.21 Å². The molecule has 0 spiro atoms. The minimum Gasteiger partial charge on any atom is -0.302 e. The number of halogens is 2. The first-order valence-corrected chi connectivity index (χ1v) is 9.86. The maximum absolute atomic E-state index is 13.3. The number of benzene rings is 1. The summed E-state index contributed by atoms with van der Waals surface area (Å²) in [7, 11) is 0.0859. The minimum atomic E-state index is -3.52. The Morgan fingerprint density at radius 1 is 1.22 bits per heavy atom. The van der Waals surface area contributed by atoms with Crippen molar-refractivity contribution in [2.75, 3.05) is 27.2 Å². The van der Waals surface area contributed by atoms with Crippen molar-refractivity contribution in [2.24, 2.45) is 0 Å². The lowest BCUT2D eigenvalue weighted by Crippen LogP contribution is -2.38. The Morgan fingerprint density at radius 2 is 1.87 bits per heavy atom. The molecule has 1 aliphatic carbocycles. The van der Waals surface area contributed by atoms with Crippen molar-refractivity contribution in [3.63, 3.8) is 0 Å². The topological polar surface area (TPSA) is 40.6 Å². The van der Waals surface area contributed by atoms with Crippen molar-refractivity contribution in [1.29, 1.82) is 0 Å². The lowest BCUT2D eigenvalue weighted by Gasteiger charge is -2.26. The van der Waals surface area contributed by atoms with Gasteiger partial charge in [-0.3, -0.25) is 0 Å². The summed E-state index contributed by atoms with van der Waals surface area (Å²) in [6.07, 6.45) is 4.88. The Bertz CT molecular complexity index is 633. The standard InChI is InChI=1S/C16H24ClFN2O2S/c1-19(15-5-3-4-6-15)9-10-20(2)23(21,22)12-13-11-14(18)7-8-16(13)17/h7-8,11,15H,3-6,9-10,12H2,1-2H3. The van der Waals surface area contributed by atoms with Gasteiger partial charge in [0.1, 0.15) is 5.82 Å². The predicted molar refractivity (Wildman–Crippen MR) is 91.5 cm³/mol. The van der Waals surface area contributed by atoms with Crippen LogP contribution in [0.5, 0.6) is 0 Å². The van der Waals surface area contributed by atoms with Crippen LogP contribution in [0.3, 0.4) is 0 Å². The van der Waals surface area contributed by atoms with Crippen LogP contribution in [0.2, 0.25) is 5.02 Å². The van der Waals surface area contributed by atoms with E-state index < -0.39 is 15.8 Å². The van der Waals surface area contributed by atoms with Gasteiger partial charge in [0.15, 0.2) is 0 Å². The van der Waals surface area contributed by atoms with E-state index in [2.05, 4.69) is 4.90 Å². The minimum absolute atomic E-state index is 0.270. The molecule has 0 unspecified atom stereocenters. The molecule has 130 valence electrons. The van der Waals surface area contributed by atoms with Gasteiger partial charge in [-0.2, -0.15) is 0 Å². The summed E-state index contributed by atoms with van der Waals surface area (Å²) >= 11 is 5.96. The van der Waals surface area contributed by atoms with Gasteiger partial charge in [-0.05, 0) is 43.7 Å². The molecule has 1 saturated carbocycles. The molecule has 1 fully saturated rings. The number of hydrogen-bond donors (Lipinski definition) is 0. The van der Waals surface area contributed by atoms with Crippen LogP contribution in [-0.2, 0) is 15.8 Å². The van der Waals surface area contributed by atoms with Crippen molar-refractivity contribution < 1.29 is 12.8 Å². The first kappa shape index (κ1) is 18.6. The first-order valence-electron chi connectivity index (χ1n) is 7.88. The fraction of sp³-hybridized carbons (Fsp3) is 0.625. The molecule has 1 aliphatic rings. The molecule has 4 nitrogen and oxygen atoms in total. The van der Waals surface area contributed by atoms with Gasteiger partial charge in [0.2, 0.25) is 10.0 Å². The Hall–Kier alpha value is -0.690. The number of rotatable bonds is 7. The molecule has 0 heterocycles. The normalized spacial score (nSPS) is 16.6. The van der Waals surface area contributed by atoms with Crippen LogP contribution in [0.4, 0.5) is 4.39 Å². The Morgan fingerprint density at radius 3 is 2.52 bits per heavy atom. The van der Waals surface area contributed by atoms with Crippen molar-refractivity contribution in [2.45, 2.75) is 37.5 Å². The molecule has 0 bridgehead atoms. The molecule has 23 heavy (non-hydrogen) atoms. The molecule has 7 heteroatoms. The monoisotopic (exact) mass is 362 g/mol. The SMILES string of the molecule is CN(CCN(C)S(=O)(=O)Cc1cc(F)ccc1Cl)C1CCCC1. The van der Waals surface area contributed by atoms with E-state index in [0.717, 1.165) is 0 Å². The van der Waals surface area contributed by atoms with Crippen LogP contribution in [0.15, 0.2) is 18.2 Å². The molecule has 1 aromatic carbocycles. The van der Waals surface area contributed by atoms with E-state index in [-0.39, 0.29) is 10.8 Å². The second-order valence-electron chi connectivity index (χ2n) is 6.23. The molecule has 0 N–H and O–H groups in total. The number of likely N-dealkylation sites (N-methyl/N-ethyl adjacent to an activating group) is 2. The van der Waals surface area contributed by atoms with Crippen LogP contribution in [0, 0.1) is 5.82 Å². The van der Waals surface area contributed by atoms with Gasteiger partial charge in [-0.15, -0.1) is 0 Å². The summed E-state index contributed by atoms with van der Waals surface area (Å²) < 4.78 is 39.5. The number of nitrogens with zero attached hydrogens (tertiary/aromatic N) is 2. The molecule has 0 aliphatic heterocycles. The second kappa shape index (κ2) is 7.92. The zero-order valence-corrected chi connectivity index (χ0v) is 15.2. The van der Waals surface area contributed by atoms with E-state index in [0.29, 0.717) is 24.7 Å². The van der Waals surface area contributed by atoms with Crippen LogP contribution < -0.4 is 0 Å². The largest absolute Gasteiger partial charge is 0.302 e. The van der Waals surface area contributed by atoms with E-state index in [1.54, 1.807) is 7.05 Å². The predicted octanol–water partition coefficient (Wildman–Crippen LogP) is 3.12. The maximum Gasteiger partial charge on any atom is 0.218 e. The molecule has 1 aromatic rings. The van der Waals surface area contributed by atoms with E-state index in [1.165, 1.54) is 48.2 Å². The zero-order chi connectivity index (χ0) is 17.0. The third-order valence-electron chi connectivity index (χ3n) is 4.54. The Labute approximate surface area is 143 Å². The molecular weight excluding hydrogens is 339 g/mol. The summed E-state index contributed by atoms with van der Waals surface area (Å²) in [4.78, 5) is 2.23. The van der Waals surface area contributed by atoms with Gasteiger partial charge >= 0.3 is 0 Å². The smallest absolute Gasteiger partial charge is 0.218 e. The molecular formula is C16H24ClFN2O2S. The third-order valence-corrected chi connectivity index (χ3v) is 6.71. The number of hydrogen-bond acceptors (Lipinski definition) is 3. The van der Waals surface area contributed by atoms with Gasteiger partial charge in [0.05, 0.1) is 5.75 Å². The fourth-order valence-corrected chi connectivity index (χ4v) is 4.40. The lowest BCUT2D eigenvalue weighted by atomic mass is 10.2. The van der Waals surface area contributed by atoms with E-state index in [1.807, 2.05) is 7.05 Å². The average molecular weight is 363 g/mol. The summed E-state index contributed by atoms with van der Waals surface area (Å²) in [6, 6.07) is 4.34. The summed E-state index contributed by atoms with van der Waals surface area (Å²) in [6.45, 7) is 1.11. The fourth-order valence-electron chi connectivity index (χ4n) is 2.93. The molecule has 0 radical (unpaired) electrons. The maximum atomic E-state index is 13.3. The van der Waals surface area contributed by atoms with E-state index in [9.17, 15) is 12.8 Å². The molecule has 2 rings (SSSR count). The highest BCUT2D eigenvalue weighted by Gasteiger charge is 2.23. The van der Waals surface area contributed by atoms with Crippen LogP contribution in [0.1, 0.15) is 31.2 Å². The van der Waals surface area contributed by atoms with Gasteiger partial charge < -0.3 is 4.90 Å². The van der Waals surface area contributed by atoms with Gasteiger partial charge in [-0.1, -0.05) is 24.4 Å². The van der Waals surface area contributed by atoms with Crippen LogP contribution >= 0.6 is 11.6 Å². The molecule has 0 atom stereocenters. The van der Waals surface area contributed by atoms with Crippen LogP contribution in [0.25, 0.3) is 0 Å². The van der Waals surface area contributed by atoms with Crippen LogP contribution in [-0.4, -0.2) is 50.8 Å². The quantitative estimate of drug-likeness (QED) is 0.748. The summed E-state index contributed by atoms with van der Waals surface area (Å²) in [5, 5.41) is 0.270. The molecule has 0 aromatic heterocycles. The molecule has 0 amide bonds. The summed E-state index contributed by atoms with van der Waals surface area (Å²) in [5.41, 5.74) is 0.294. The second-order valence-corrected chi connectivity index (χ2v) is 8.72. The Balaban J connectivity index is 1.94. The molecule has 0 saturated heterocycles. The first-order chi connectivity index (χ1) is 10.8. The van der Waals surface area contributed by atoms with Gasteiger partial charge in [0.25, 0.3) is 0 Å². The van der Waals surface area contributed by atoms with E-state index in [4.69, 9.17) is 11.6 Å². The summed E-state index contributed by atoms with van der Waals surface area (Å²) in [5.74, 6) is -0.768. The highest BCUT2D eigenvalue weighted by atomic mass is 35.5. The van der Waals surface area contributed by atoms with Crippen molar-refractivity contribution in [3.05, 3.63) is 34.6 Å². The lowest BCUT2D eigenvalue weighted by molar-refractivity contribution is 0.233. The van der Waals surface area contributed by atoms with Crippen molar-refractivity contribution in [3.8, 4) is 0 Å². The van der Waals surface area contributed by atoms with Gasteiger partial charge in [0, 0.05) is 31.2 Å². The highest BCUT2D eigenvalue weighted by molar-refractivity contribution is 7.88. The third kappa shape index (κ3) is 5.14. The van der Waals surface area contributed by atoms with Crippen molar-refractivity contribution >= 4 is 21.6 Å².